The van der Waals surface area contributed by atoms with Gasteiger partial charge in [-0.25, -0.2) is 9.59 Å². The average molecular weight is 453 g/mol. The van der Waals surface area contributed by atoms with Crippen LogP contribution in [0.15, 0.2) is 48.5 Å². The Morgan fingerprint density at radius 2 is 1.82 bits per heavy atom. The van der Waals surface area contributed by atoms with Crippen molar-refractivity contribution in [2.45, 2.75) is 38.9 Å². The van der Waals surface area contributed by atoms with Gasteiger partial charge in [-0.3, -0.25) is 15.0 Å². The highest BCUT2D eigenvalue weighted by molar-refractivity contribution is 6.09. The van der Waals surface area contributed by atoms with Crippen molar-refractivity contribution < 1.29 is 23.9 Å². The molecule has 10 heteroatoms. The molecule has 1 saturated heterocycles. The van der Waals surface area contributed by atoms with Gasteiger partial charge in [0, 0.05) is 18.2 Å². The van der Waals surface area contributed by atoms with Gasteiger partial charge in [-0.15, -0.1) is 0 Å². The second kappa shape index (κ2) is 9.60. The fourth-order valence-electron chi connectivity index (χ4n) is 3.31. The summed E-state index contributed by atoms with van der Waals surface area (Å²) in [6, 6.07) is 12.2. The van der Waals surface area contributed by atoms with E-state index < -0.39 is 23.4 Å². The number of hydrogen-bond acceptors (Lipinski definition) is 5. The molecule has 0 aliphatic carbocycles. The Balaban J connectivity index is 1.65. The zero-order valence-corrected chi connectivity index (χ0v) is 18.9. The first-order chi connectivity index (χ1) is 15.6. The number of imide groups is 1. The van der Waals surface area contributed by atoms with Crippen molar-refractivity contribution in [3.63, 3.8) is 0 Å². The van der Waals surface area contributed by atoms with Crippen molar-refractivity contribution in [2.75, 3.05) is 7.11 Å². The van der Waals surface area contributed by atoms with Crippen molar-refractivity contribution in [3.05, 3.63) is 65.2 Å². The third-order valence-corrected chi connectivity index (χ3v) is 5.14. The van der Waals surface area contributed by atoms with Crippen LogP contribution >= 0.6 is 0 Å². The van der Waals surface area contributed by atoms with Gasteiger partial charge in [-0.1, -0.05) is 24.3 Å². The lowest BCUT2D eigenvalue weighted by Gasteiger charge is -2.22. The third-order valence-electron chi connectivity index (χ3n) is 5.14. The molecule has 3 rings (SSSR count). The molecule has 4 N–H and O–H groups in total. The van der Waals surface area contributed by atoms with Crippen molar-refractivity contribution >= 4 is 23.9 Å². The van der Waals surface area contributed by atoms with E-state index in [-0.39, 0.29) is 24.2 Å². The Morgan fingerprint density at radius 1 is 1.12 bits per heavy atom. The number of nitrogens with zero attached hydrogens (tertiary/aromatic N) is 1. The smallest absolute Gasteiger partial charge is 0.344 e. The van der Waals surface area contributed by atoms with E-state index in [1.54, 1.807) is 55.5 Å². The van der Waals surface area contributed by atoms with Crippen molar-refractivity contribution in [3.8, 4) is 5.75 Å². The molecule has 1 aliphatic rings. The summed E-state index contributed by atoms with van der Waals surface area (Å²) in [6.45, 7) is 5.56. The fraction of sp³-hybridized carbons (Fsp3) is 0.304. The van der Waals surface area contributed by atoms with E-state index in [0.717, 1.165) is 5.56 Å². The Labute approximate surface area is 191 Å². The van der Waals surface area contributed by atoms with Gasteiger partial charge in [-0.2, -0.15) is 5.01 Å². The molecule has 33 heavy (non-hydrogen) atoms. The molecule has 0 bridgehead atoms. The van der Waals surface area contributed by atoms with Gasteiger partial charge in [0.25, 0.3) is 11.8 Å². The quantitative estimate of drug-likeness (QED) is 0.477. The van der Waals surface area contributed by atoms with Crippen LogP contribution in [-0.4, -0.2) is 42.0 Å². The zero-order valence-electron chi connectivity index (χ0n) is 18.9. The van der Waals surface area contributed by atoms with Crippen LogP contribution in [0, 0.1) is 0 Å². The van der Waals surface area contributed by atoms with Crippen molar-refractivity contribution in [2.24, 2.45) is 0 Å². The Bertz CT molecular complexity index is 1070. The Morgan fingerprint density at radius 3 is 2.45 bits per heavy atom. The van der Waals surface area contributed by atoms with Gasteiger partial charge < -0.3 is 20.7 Å². The fourth-order valence-corrected chi connectivity index (χ4v) is 3.31. The molecule has 2 aromatic rings. The maximum absolute atomic E-state index is 13.0. The predicted octanol–water partition coefficient (Wildman–Crippen LogP) is 2.01. The number of hydrogen-bond donors (Lipinski definition) is 4. The van der Waals surface area contributed by atoms with Crippen LogP contribution in [-0.2, 0) is 16.9 Å². The first-order valence-electron chi connectivity index (χ1n) is 10.4. The molecule has 2 aromatic carbocycles. The van der Waals surface area contributed by atoms with E-state index in [4.69, 9.17) is 4.74 Å². The maximum atomic E-state index is 13.0. The number of carbonyl (C=O) groups excluding carboxylic acids is 4. The van der Waals surface area contributed by atoms with Crippen LogP contribution in [0.25, 0.3) is 0 Å². The van der Waals surface area contributed by atoms with Crippen LogP contribution in [0.3, 0.4) is 0 Å². The number of amides is 6. The van der Waals surface area contributed by atoms with E-state index in [9.17, 15) is 19.2 Å². The summed E-state index contributed by atoms with van der Waals surface area (Å²) in [5.41, 5.74) is 2.56. The topological polar surface area (TPSA) is 129 Å². The number of ether oxygens (including phenoxy) is 1. The summed E-state index contributed by atoms with van der Waals surface area (Å²) in [5.74, 6) is -0.703. The number of benzene rings is 2. The minimum absolute atomic E-state index is 0.0207. The monoisotopic (exact) mass is 453 g/mol. The Kier molecular flexibility index (Phi) is 6.86. The lowest BCUT2D eigenvalue weighted by Crippen LogP contribution is -2.47. The molecule has 0 spiro atoms. The van der Waals surface area contributed by atoms with Crippen molar-refractivity contribution in [1.82, 2.24) is 26.4 Å². The van der Waals surface area contributed by atoms with Crippen LogP contribution in [0.5, 0.6) is 5.75 Å². The number of rotatable bonds is 7. The van der Waals surface area contributed by atoms with Gasteiger partial charge in [-0.05, 0) is 56.2 Å². The van der Waals surface area contributed by atoms with Crippen LogP contribution in [0.2, 0.25) is 0 Å². The van der Waals surface area contributed by atoms with E-state index >= 15 is 0 Å². The molecule has 1 aliphatic heterocycles. The maximum Gasteiger partial charge on any atom is 0.344 e. The molecule has 0 radical (unpaired) electrons. The summed E-state index contributed by atoms with van der Waals surface area (Å²) in [7, 11) is 1.50. The minimum Gasteiger partial charge on any atom is -0.497 e. The molecular formula is C23H27N5O5. The number of hydrazine groups is 1. The summed E-state index contributed by atoms with van der Waals surface area (Å²) >= 11 is 0. The number of urea groups is 2. The highest BCUT2D eigenvalue weighted by atomic mass is 16.5. The SMILES string of the molecule is COc1cccc([C@@]2(C)NC(=O)N(NC(=O)c3ccc(CNC(=O)NC(C)C)cc3)C2=O)c1. The van der Waals surface area contributed by atoms with Crippen LogP contribution in [0.1, 0.15) is 42.3 Å². The summed E-state index contributed by atoms with van der Waals surface area (Å²) < 4.78 is 5.19. The first-order valence-corrected chi connectivity index (χ1v) is 10.4. The number of methoxy groups -OCH3 is 1. The summed E-state index contributed by atoms with van der Waals surface area (Å²) in [4.78, 5) is 49.8. The molecule has 0 aromatic heterocycles. The second-order valence-electron chi connectivity index (χ2n) is 8.05. The van der Waals surface area contributed by atoms with E-state index in [2.05, 4.69) is 21.4 Å². The predicted molar refractivity (Wildman–Crippen MR) is 120 cm³/mol. The normalized spacial score (nSPS) is 17.5. The molecule has 0 unspecified atom stereocenters. The molecule has 6 amide bonds. The van der Waals surface area contributed by atoms with Crippen LogP contribution in [0.4, 0.5) is 9.59 Å². The first kappa shape index (κ1) is 23.6. The third kappa shape index (κ3) is 5.22. The van der Waals surface area contributed by atoms with E-state index in [1.165, 1.54) is 7.11 Å². The van der Waals surface area contributed by atoms with E-state index in [0.29, 0.717) is 16.3 Å². The molecule has 0 saturated carbocycles. The van der Waals surface area contributed by atoms with Gasteiger partial charge in [0.2, 0.25) is 0 Å². The molecule has 1 fully saturated rings. The second-order valence-corrected chi connectivity index (χ2v) is 8.05. The molecule has 10 nitrogen and oxygen atoms in total. The Hall–Kier alpha value is -4.08. The average Bonchev–Trinajstić information content (AvgIpc) is 3.01. The standard InChI is InChI=1S/C23H27N5O5/c1-14(2)25-21(31)24-13-15-8-10-16(11-9-15)19(29)27-28-20(30)23(3,26-22(28)32)17-6-5-7-18(12-17)33-4/h5-12,14H,13H2,1-4H3,(H,26,32)(H,27,29)(H2,24,25,31)/t23-/m1/s1. The minimum atomic E-state index is -1.36. The molecule has 1 heterocycles. The van der Waals surface area contributed by atoms with Gasteiger partial charge in [0.05, 0.1) is 7.11 Å². The lowest BCUT2D eigenvalue weighted by molar-refractivity contribution is -0.132. The lowest BCUT2D eigenvalue weighted by atomic mass is 9.92. The summed E-state index contributed by atoms with van der Waals surface area (Å²) in [6.07, 6.45) is 0. The summed E-state index contributed by atoms with van der Waals surface area (Å²) in [5, 5.41) is 8.74. The van der Waals surface area contributed by atoms with Gasteiger partial charge in [0.1, 0.15) is 11.3 Å². The van der Waals surface area contributed by atoms with E-state index in [1.807, 2.05) is 13.8 Å². The van der Waals surface area contributed by atoms with Crippen LogP contribution < -0.4 is 26.1 Å². The number of carbonyl (C=O) groups is 4. The van der Waals surface area contributed by atoms with Crippen molar-refractivity contribution in [1.29, 1.82) is 0 Å². The molecule has 174 valence electrons. The zero-order chi connectivity index (χ0) is 24.2. The largest absolute Gasteiger partial charge is 0.497 e. The highest BCUT2D eigenvalue weighted by Gasteiger charge is 2.50. The number of nitrogens with one attached hydrogen (secondary N) is 4. The molecular weight excluding hydrogens is 426 g/mol. The highest BCUT2D eigenvalue weighted by Crippen LogP contribution is 2.30. The van der Waals surface area contributed by atoms with Gasteiger partial charge in [0.15, 0.2) is 0 Å². The van der Waals surface area contributed by atoms with Gasteiger partial charge >= 0.3 is 12.1 Å². The molecule has 1 atom stereocenters.